The highest BCUT2D eigenvalue weighted by Gasteiger charge is 2.38. The highest BCUT2D eigenvalue weighted by Crippen LogP contribution is 2.38. The number of nitrogens with one attached hydrogen (secondary N) is 1. The lowest BCUT2D eigenvalue weighted by atomic mass is 9.93. The summed E-state index contributed by atoms with van der Waals surface area (Å²) in [6.45, 7) is 3.72. The zero-order chi connectivity index (χ0) is 21.3. The molecule has 0 spiro atoms. The van der Waals surface area contributed by atoms with Crippen molar-refractivity contribution in [1.82, 2.24) is 10.2 Å². The summed E-state index contributed by atoms with van der Waals surface area (Å²) in [5.74, 6) is -0.674. The summed E-state index contributed by atoms with van der Waals surface area (Å²) in [5, 5.41) is 3.78. The molecule has 1 atom stereocenters. The minimum atomic E-state index is -0.790. The molecule has 2 aromatic carbocycles. The number of carbonyl (C=O) groups excluding carboxylic acids is 1. The number of hydrogen-bond acceptors (Lipinski definition) is 3. The minimum absolute atomic E-state index is 0.184. The van der Waals surface area contributed by atoms with E-state index in [2.05, 4.69) is 5.32 Å². The number of thiocarbonyl (C=S) groups is 1. The van der Waals surface area contributed by atoms with Gasteiger partial charge in [-0.15, -0.1) is 0 Å². The summed E-state index contributed by atoms with van der Waals surface area (Å²) >= 11 is 12.0. The maximum atomic E-state index is 14.8. The van der Waals surface area contributed by atoms with Crippen molar-refractivity contribution < 1.29 is 13.9 Å². The first-order valence-electron chi connectivity index (χ1n) is 9.66. The zero-order valence-corrected chi connectivity index (χ0v) is 18.0. The fourth-order valence-electron chi connectivity index (χ4n) is 3.85. The summed E-state index contributed by atoms with van der Waals surface area (Å²) in [6, 6.07) is 13.2. The van der Waals surface area contributed by atoms with Gasteiger partial charge in [0.05, 0.1) is 24.8 Å². The molecule has 1 fully saturated rings. The lowest BCUT2D eigenvalue weighted by Crippen LogP contribution is -2.51. The molecule has 156 valence electrons. The number of amides is 1. The summed E-state index contributed by atoms with van der Waals surface area (Å²) < 4.78 is 20.2. The van der Waals surface area contributed by atoms with Crippen LogP contribution in [0.25, 0.3) is 0 Å². The van der Waals surface area contributed by atoms with Crippen LogP contribution in [0, 0.1) is 5.82 Å². The first kappa shape index (κ1) is 20.8. The molecule has 1 saturated heterocycles. The lowest BCUT2D eigenvalue weighted by Gasteiger charge is -2.40. The van der Waals surface area contributed by atoms with Gasteiger partial charge >= 0.3 is 0 Å². The van der Waals surface area contributed by atoms with E-state index in [-0.39, 0.29) is 16.5 Å². The first-order chi connectivity index (χ1) is 14.5. The minimum Gasteiger partial charge on any atom is -0.378 e. The molecule has 0 radical (unpaired) electrons. The van der Waals surface area contributed by atoms with Crippen molar-refractivity contribution in [3.63, 3.8) is 0 Å². The molecule has 2 aliphatic heterocycles. The summed E-state index contributed by atoms with van der Waals surface area (Å²) in [7, 11) is 0. The second-order valence-corrected chi connectivity index (χ2v) is 7.89. The molecule has 8 heteroatoms. The largest absolute Gasteiger partial charge is 0.378 e. The maximum Gasteiger partial charge on any atom is 0.254 e. The third-order valence-corrected chi connectivity index (χ3v) is 5.95. The number of ether oxygens (including phenoxy) is 1. The number of hydrogen-bond donors (Lipinski definition) is 1. The summed E-state index contributed by atoms with van der Waals surface area (Å²) in [6.07, 6.45) is 0. The van der Waals surface area contributed by atoms with Crippen LogP contribution in [0.2, 0.25) is 5.02 Å². The van der Waals surface area contributed by atoms with Gasteiger partial charge in [-0.1, -0.05) is 35.9 Å². The maximum absolute atomic E-state index is 14.8. The van der Waals surface area contributed by atoms with Crippen molar-refractivity contribution in [1.29, 1.82) is 0 Å². The molecule has 0 aromatic heterocycles. The fourth-order valence-corrected chi connectivity index (χ4v) is 4.48. The van der Waals surface area contributed by atoms with Crippen LogP contribution in [0.5, 0.6) is 0 Å². The van der Waals surface area contributed by atoms with Gasteiger partial charge in [0.1, 0.15) is 5.82 Å². The molecule has 5 nitrogen and oxygen atoms in total. The second kappa shape index (κ2) is 8.71. The highest BCUT2D eigenvalue weighted by molar-refractivity contribution is 7.80. The first-order valence-corrected chi connectivity index (χ1v) is 10.4. The van der Waals surface area contributed by atoms with E-state index < -0.39 is 11.9 Å². The van der Waals surface area contributed by atoms with Crippen LogP contribution in [0.4, 0.5) is 10.1 Å². The standard InChI is InChI=1S/C22H21ClFN3O2S/c1-14-18(21(28)26-10-12-29-13-11-26)20(19-16(23)8-5-9-17(19)24)25-22(30)27(14)15-6-3-2-4-7-15/h2-9,20H,10-13H2,1H3,(H,25,30). The quantitative estimate of drug-likeness (QED) is 0.722. The van der Waals surface area contributed by atoms with Gasteiger partial charge in [0, 0.05) is 35.1 Å². The van der Waals surface area contributed by atoms with Gasteiger partial charge < -0.3 is 15.0 Å². The number of allylic oxidation sites excluding steroid dienone is 1. The van der Waals surface area contributed by atoms with Crippen LogP contribution in [0.3, 0.4) is 0 Å². The monoisotopic (exact) mass is 445 g/mol. The molecule has 2 heterocycles. The Bertz CT molecular complexity index is 988. The van der Waals surface area contributed by atoms with E-state index in [0.717, 1.165) is 5.69 Å². The SMILES string of the molecule is CC1=C(C(=O)N2CCOCC2)C(c2c(F)cccc2Cl)NC(=S)N1c1ccccc1. The van der Waals surface area contributed by atoms with Crippen LogP contribution in [-0.2, 0) is 9.53 Å². The van der Waals surface area contributed by atoms with Crippen molar-refractivity contribution in [2.24, 2.45) is 0 Å². The molecule has 1 amide bonds. The number of rotatable bonds is 3. The average molecular weight is 446 g/mol. The van der Waals surface area contributed by atoms with E-state index in [1.54, 1.807) is 21.9 Å². The van der Waals surface area contributed by atoms with E-state index in [9.17, 15) is 9.18 Å². The van der Waals surface area contributed by atoms with E-state index in [1.165, 1.54) is 6.07 Å². The number of para-hydroxylation sites is 1. The number of anilines is 1. The summed E-state index contributed by atoms with van der Waals surface area (Å²) in [4.78, 5) is 17.1. The van der Waals surface area contributed by atoms with Gasteiger partial charge in [-0.25, -0.2) is 4.39 Å². The zero-order valence-electron chi connectivity index (χ0n) is 16.4. The molecular formula is C22H21ClFN3O2S. The molecule has 1 N–H and O–H groups in total. The predicted octanol–water partition coefficient (Wildman–Crippen LogP) is 4.05. The number of halogens is 2. The highest BCUT2D eigenvalue weighted by atomic mass is 35.5. The Balaban J connectivity index is 1.86. The van der Waals surface area contributed by atoms with Gasteiger partial charge in [0.15, 0.2) is 5.11 Å². The molecule has 4 rings (SSSR count). The Morgan fingerprint density at radius 1 is 1.17 bits per heavy atom. The van der Waals surface area contributed by atoms with Crippen LogP contribution in [0.1, 0.15) is 18.5 Å². The average Bonchev–Trinajstić information content (AvgIpc) is 2.74. The second-order valence-electron chi connectivity index (χ2n) is 7.09. The van der Waals surface area contributed by atoms with Crippen molar-refractivity contribution in [2.45, 2.75) is 13.0 Å². The van der Waals surface area contributed by atoms with Crippen molar-refractivity contribution in [3.05, 3.63) is 76.2 Å². The van der Waals surface area contributed by atoms with E-state index in [0.29, 0.717) is 42.7 Å². The van der Waals surface area contributed by atoms with Crippen LogP contribution >= 0.6 is 23.8 Å². The lowest BCUT2D eigenvalue weighted by molar-refractivity contribution is -0.131. The van der Waals surface area contributed by atoms with Gasteiger partial charge in [-0.2, -0.15) is 0 Å². The number of nitrogens with zero attached hydrogens (tertiary/aromatic N) is 2. The molecule has 0 bridgehead atoms. The number of benzene rings is 2. The molecule has 30 heavy (non-hydrogen) atoms. The topological polar surface area (TPSA) is 44.8 Å². The Morgan fingerprint density at radius 3 is 2.53 bits per heavy atom. The van der Waals surface area contributed by atoms with Crippen molar-refractivity contribution in [3.8, 4) is 0 Å². The van der Waals surface area contributed by atoms with Gasteiger partial charge in [0.2, 0.25) is 0 Å². The van der Waals surface area contributed by atoms with Crippen LogP contribution in [-0.4, -0.2) is 42.2 Å². The van der Waals surface area contributed by atoms with E-state index >= 15 is 0 Å². The van der Waals surface area contributed by atoms with Gasteiger partial charge in [-0.05, 0) is 43.4 Å². The Hall–Kier alpha value is -2.48. The smallest absolute Gasteiger partial charge is 0.254 e. The van der Waals surface area contributed by atoms with E-state index in [1.807, 2.05) is 37.3 Å². The molecule has 2 aromatic rings. The number of carbonyl (C=O) groups is 1. The van der Waals surface area contributed by atoms with Gasteiger partial charge in [0.25, 0.3) is 5.91 Å². The summed E-state index contributed by atoms with van der Waals surface area (Å²) in [5.41, 5.74) is 2.09. The van der Waals surface area contributed by atoms with Crippen LogP contribution < -0.4 is 10.2 Å². The van der Waals surface area contributed by atoms with Crippen molar-refractivity contribution >= 4 is 40.5 Å². The van der Waals surface area contributed by atoms with E-state index in [4.69, 9.17) is 28.6 Å². The van der Waals surface area contributed by atoms with Gasteiger partial charge in [-0.3, -0.25) is 9.69 Å². The third kappa shape index (κ3) is 3.80. The Labute approximate surface area is 185 Å². The third-order valence-electron chi connectivity index (χ3n) is 5.32. The Kier molecular flexibility index (Phi) is 6.04. The van der Waals surface area contributed by atoms with Crippen molar-refractivity contribution in [2.75, 3.05) is 31.2 Å². The molecule has 1 unspecified atom stereocenters. The molecular weight excluding hydrogens is 425 g/mol. The molecule has 0 saturated carbocycles. The fraction of sp³-hybridized carbons (Fsp3) is 0.273. The molecule has 2 aliphatic rings. The van der Waals surface area contributed by atoms with Crippen LogP contribution in [0.15, 0.2) is 59.8 Å². The number of morpholine rings is 1. The molecule has 0 aliphatic carbocycles. The predicted molar refractivity (Wildman–Crippen MR) is 119 cm³/mol. The normalized spacial score (nSPS) is 19.7. The Morgan fingerprint density at radius 2 is 1.87 bits per heavy atom.